The number of nitrogens with two attached hydrogens (primary N) is 1. The average Bonchev–Trinajstić information content (AvgIpc) is 2.76. The molecule has 0 aliphatic carbocycles. The van der Waals surface area contributed by atoms with Gasteiger partial charge >= 0.3 is 0 Å². The van der Waals surface area contributed by atoms with Gasteiger partial charge in [0.1, 0.15) is 13.2 Å². The fourth-order valence-corrected chi connectivity index (χ4v) is 5.25. The van der Waals surface area contributed by atoms with E-state index in [1.807, 2.05) is 12.1 Å². The normalized spacial score (nSPS) is 15.2. The molecule has 0 radical (unpaired) electrons. The van der Waals surface area contributed by atoms with Crippen LogP contribution >= 0.6 is 54.8 Å². The Hall–Kier alpha value is -0.270. The second-order valence-electron chi connectivity index (χ2n) is 4.27. The highest BCUT2D eigenvalue weighted by molar-refractivity contribution is 9.12. The van der Waals surface area contributed by atoms with Crippen molar-refractivity contribution in [1.82, 2.24) is 0 Å². The molecular weight excluding hydrogens is 429 g/mol. The number of halogens is 3. The van der Waals surface area contributed by atoms with Crippen molar-refractivity contribution in [3.05, 3.63) is 41.9 Å². The van der Waals surface area contributed by atoms with Crippen molar-refractivity contribution in [3.63, 3.8) is 0 Å². The lowest BCUT2D eigenvalue weighted by atomic mass is 10.0. The number of hydrogen-bond acceptors (Lipinski definition) is 4. The molecule has 1 unspecified atom stereocenters. The molecule has 0 saturated carbocycles. The molecule has 1 atom stereocenters. The van der Waals surface area contributed by atoms with Gasteiger partial charge in [-0.15, -0.1) is 11.3 Å². The third kappa shape index (κ3) is 2.72. The number of thiophene rings is 1. The Morgan fingerprint density at radius 2 is 1.75 bits per heavy atom. The average molecular weight is 440 g/mol. The monoisotopic (exact) mass is 437 g/mol. The van der Waals surface area contributed by atoms with Crippen LogP contribution in [-0.2, 0) is 0 Å². The Morgan fingerprint density at radius 1 is 1.10 bits per heavy atom. The Balaban J connectivity index is 2.03. The van der Waals surface area contributed by atoms with Crippen LogP contribution in [0.15, 0.2) is 25.8 Å². The van der Waals surface area contributed by atoms with Crippen molar-refractivity contribution in [2.75, 3.05) is 13.2 Å². The van der Waals surface area contributed by atoms with Crippen LogP contribution in [0, 0.1) is 0 Å². The highest BCUT2D eigenvalue weighted by Crippen LogP contribution is 2.42. The zero-order valence-corrected chi connectivity index (χ0v) is 14.9. The van der Waals surface area contributed by atoms with E-state index in [-0.39, 0.29) is 6.04 Å². The summed E-state index contributed by atoms with van der Waals surface area (Å²) in [5.74, 6) is 1.36. The SMILES string of the molecule is NC(c1cc2c(cc1Cl)OCCO2)c1cc(Br)sc1Br. The van der Waals surface area contributed by atoms with E-state index >= 15 is 0 Å². The van der Waals surface area contributed by atoms with Crippen LogP contribution in [-0.4, -0.2) is 13.2 Å². The minimum absolute atomic E-state index is 0.324. The molecule has 2 aromatic rings. The fourth-order valence-electron chi connectivity index (χ4n) is 2.05. The number of rotatable bonds is 2. The van der Waals surface area contributed by atoms with Gasteiger partial charge in [0, 0.05) is 11.1 Å². The lowest BCUT2D eigenvalue weighted by molar-refractivity contribution is 0.171. The van der Waals surface area contributed by atoms with Gasteiger partial charge in [-0.2, -0.15) is 0 Å². The molecule has 20 heavy (non-hydrogen) atoms. The van der Waals surface area contributed by atoms with Crippen LogP contribution in [0.2, 0.25) is 5.02 Å². The van der Waals surface area contributed by atoms with E-state index in [0.717, 1.165) is 18.7 Å². The maximum absolute atomic E-state index is 6.34. The van der Waals surface area contributed by atoms with Crippen molar-refractivity contribution in [3.8, 4) is 11.5 Å². The molecule has 2 N–H and O–H groups in total. The quantitative estimate of drug-likeness (QED) is 0.735. The van der Waals surface area contributed by atoms with E-state index in [2.05, 4.69) is 31.9 Å². The Bertz CT molecular complexity index is 662. The van der Waals surface area contributed by atoms with Gasteiger partial charge in [0.05, 0.1) is 13.6 Å². The number of fused-ring (bicyclic) bond motifs is 1. The molecule has 0 amide bonds. The summed E-state index contributed by atoms with van der Waals surface area (Å²) < 4.78 is 13.1. The smallest absolute Gasteiger partial charge is 0.162 e. The summed E-state index contributed by atoms with van der Waals surface area (Å²) in [5, 5.41) is 0.580. The molecule has 0 bridgehead atoms. The molecule has 1 aliphatic heterocycles. The highest BCUT2D eigenvalue weighted by atomic mass is 79.9. The number of ether oxygens (including phenoxy) is 2. The molecule has 2 heterocycles. The second-order valence-corrected chi connectivity index (χ2v) is 8.43. The summed E-state index contributed by atoms with van der Waals surface area (Å²) in [6.07, 6.45) is 0. The van der Waals surface area contributed by atoms with Crippen LogP contribution in [0.5, 0.6) is 11.5 Å². The summed E-state index contributed by atoms with van der Waals surface area (Å²) >= 11 is 14.9. The molecular formula is C13H10Br2ClNO2S. The zero-order valence-electron chi connectivity index (χ0n) is 10.2. The first-order valence-corrected chi connectivity index (χ1v) is 8.63. The minimum atomic E-state index is -0.324. The van der Waals surface area contributed by atoms with Crippen LogP contribution in [0.1, 0.15) is 17.2 Å². The molecule has 0 saturated heterocycles. The van der Waals surface area contributed by atoms with E-state index in [9.17, 15) is 0 Å². The van der Waals surface area contributed by atoms with Crippen LogP contribution in [0.4, 0.5) is 0 Å². The lowest BCUT2D eigenvalue weighted by Crippen LogP contribution is -2.17. The lowest BCUT2D eigenvalue weighted by Gasteiger charge is -2.21. The van der Waals surface area contributed by atoms with Gasteiger partial charge < -0.3 is 15.2 Å². The molecule has 1 aromatic carbocycles. The van der Waals surface area contributed by atoms with Crippen molar-refractivity contribution >= 4 is 54.8 Å². The van der Waals surface area contributed by atoms with Crippen molar-refractivity contribution in [2.45, 2.75) is 6.04 Å². The molecule has 7 heteroatoms. The van der Waals surface area contributed by atoms with Crippen LogP contribution < -0.4 is 15.2 Å². The first-order chi connectivity index (χ1) is 9.56. The number of benzene rings is 1. The second kappa shape index (κ2) is 5.85. The van der Waals surface area contributed by atoms with E-state index in [4.69, 9.17) is 26.8 Å². The van der Waals surface area contributed by atoms with Gasteiger partial charge in [-0.3, -0.25) is 0 Å². The molecule has 1 aromatic heterocycles. The summed E-state index contributed by atoms with van der Waals surface area (Å²) in [6.45, 7) is 1.08. The van der Waals surface area contributed by atoms with Crippen molar-refractivity contribution < 1.29 is 9.47 Å². The van der Waals surface area contributed by atoms with E-state index in [1.165, 1.54) is 0 Å². The summed E-state index contributed by atoms with van der Waals surface area (Å²) in [4.78, 5) is 0. The van der Waals surface area contributed by atoms with Gasteiger partial charge in [0.2, 0.25) is 0 Å². The standard InChI is InChI=1S/C13H10Br2ClNO2S/c14-11-4-7(13(15)20-11)12(17)6-3-9-10(5-8(6)16)19-2-1-18-9/h3-5,12H,1-2,17H2. The predicted molar refractivity (Wildman–Crippen MR) is 88.2 cm³/mol. The summed E-state index contributed by atoms with van der Waals surface area (Å²) in [7, 11) is 0. The van der Waals surface area contributed by atoms with Gasteiger partial charge in [-0.25, -0.2) is 0 Å². The summed E-state index contributed by atoms with van der Waals surface area (Å²) in [5.41, 5.74) is 8.15. The van der Waals surface area contributed by atoms with Gasteiger partial charge in [0.25, 0.3) is 0 Å². The molecule has 3 nitrogen and oxygen atoms in total. The number of hydrogen-bond donors (Lipinski definition) is 1. The maximum Gasteiger partial charge on any atom is 0.162 e. The molecule has 1 aliphatic rings. The first kappa shape index (κ1) is 14.7. The third-order valence-electron chi connectivity index (χ3n) is 3.01. The largest absolute Gasteiger partial charge is 0.486 e. The molecule has 0 spiro atoms. The van der Waals surface area contributed by atoms with Gasteiger partial charge in [-0.1, -0.05) is 11.6 Å². The van der Waals surface area contributed by atoms with E-state index < -0.39 is 0 Å². The van der Waals surface area contributed by atoms with Crippen molar-refractivity contribution in [2.24, 2.45) is 5.73 Å². The van der Waals surface area contributed by atoms with Gasteiger partial charge in [-0.05, 0) is 55.1 Å². The van der Waals surface area contributed by atoms with Crippen molar-refractivity contribution in [1.29, 1.82) is 0 Å². The minimum Gasteiger partial charge on any atom is -0.486 e. The van der Waals surface area contributed by atoms with Crippen LogP contribution in [0.25, 0.3) is 0 Å². The zero-order chi connectivity index (χ0) is 14.3. The fraction of sp³-hybridized carbons (Fsp3) is 0.231. The van der Waals surface area contributed by atoms with Gasteiger partial charge in [0.15, 0.2) is 11.5 Å². The Kier molecular flexibility index (Phi) is 4.29. The van der Waals surface area contributed by atoms with Crippen LogP contribution in [0.3, 0.4) is 0 Å². The first-order valence-electron chi connectivity index (χ1n) is 5.85. The third-order valence-corrected chi connectivity index (χ3v) is 5.73. The predicted octanol–water partition coefficient (Wildman–Crippen LogP) is 4.75. The Labute approximate surface area is 142 Å². The van der Waals surface area contributed by atoms with E-state index in [0.29, 0.717) is 29.7 Å². The molecule has 0 fully saturated rings. The van der Waals surface area contributed by atoms with E-state index in [1.54, 1.807) is 17.4 Å². The summed E-state index contributed by atoms with van der Waals surface area (Å²) in [6, 6.07) is 5.29. The molecule has 106 valence electrons. The topological polar surface area (TPSA) is 44.5 Å². The molecule has 3 rings (SSSR count). The Morgan fingerprint density at radius 3 is 2.35 bits per heavy atom. The highest BCUT2D eigenvalue weighted by Gasteiger charge is 2.22. The maximum atomic E-state index is 6.34.